The van der Waals surface area contributed by atoms with Crippen LogP contribution in [-0.4, -0.2) is 30.5 Å². The summed E-state index contributed by atoms with van der Waals surface area (Å²) in [6, 6.07) is 1.63. The minimum Gasteiger partial charge on any atom is -0.289 e. The first-order valence-electron chi connectivity index (χ1n) is 5.14. The van der Waals surface area contributed by atoms with Crippen LogP contribution in [-0.2, 0) is 12.4 Å². The fourth-order valence-electron chi connectivity index (χ4n) is 1.52. The van der Waals surface area contributed by atoms with Crippen molar-refractivity contribution in [2.75, 3.05) is 6.16 Å². The summed E-state index contributed by atoms with van der Waals surface area (Å²) in [5.41, 5.74) is -5.47. The number of hydrogen-bond donors (Lipinski definition) is 0. The number of hydrogen-bond acceptors (Lipinski definition) is 1. The van der Waals surface area contributed by atoms with E-state index in [0.717, 1.165) is 0 Å². The van der Waals surface area contributed by atoms with Gasteiger partial charge in [-0.05, 0) is 26.9 Å². The van der Waals surface area contributed by atoms with Gasteiger partial charge in [-0.2, -0.15) is 26.3 Å². The summed E-state index contributed by atoms with van der Waals surface area (Å²) < 4.78 is 76.2. The van der Waals surface area contributed by atoms with Gasteiger partial charge in [-0.1, -0.05) is 13.0 Å². The maximum absolute atomic E-state index is 12.7. The Labute approximate surface area is 125 Å². The van der Waals surface area contributed by atoms with E-state index in [4.69, 9.17) is 0 Å². The van der Waals surface area contributed by atoms with Crippen LogP contribution < -0.4 is 0 Å². The third kappa shape index (κ3) is 4.51. The summed E-state index contributed by atoms with van der Waals surface area (Å²) in [5.74, 6) is 0. The molecule has 0 bridgehead atoms. The van der Waals surface area contributed by atoms with Crippen LogP contribution in [0.4, 0.5) is 26.3 Å². The molecule has 9 heteroatoms. The molecule has 1 aromatic carbocycles. The number of carbonyl (C=O) groups excluding carboxylic acids is 1. The molecule has 20 heavy (non-hydrogen) atoms. The van der Waals surface area contributed by atoms with Gasteiger partial charge in [-0.15, -0.1) is 0 Å². The van der Waals surface area contributed by atoms with E-state index in [0.29, 0.717) is 18.2 Å². The second-order valence-electron chi connectivity index (χ2n) is 3.58. The molecule has 0 saturated heterocycles. The minimum atomic E-state index is -5.00. The molecule has 107 valence electrons. The molecular weight excluding hydrogens is 300 g/mol. The van der Waals surface area contributed by atoms with Gasteiger partial charge in [0.05, 0.1) is 11.1 Å². The van der Waals surface area contributed by atoms with Crippen molar-refractivity contribution in [3.8, 4) is 0 Å². The quantitative estimate of drug-likeness (QED) is 0.465. The van der Waals surface area contributed by atoms with Gasteiger partial charge in [0.1, 0.15) is 0 Å². The Balaban J connectivity index is 0.00000361. The molecule has 0 N–H and O–H groups in total. The molecule has 0 aromatic heterocycles. The predicted octanol–water partition coefficient (Wildman–Crippen LogP) is 4.18. The van der Waals surface area contributed by atoms with Gasteiger partial charge < -0.3 is 0 Å². The van der Waals surface area contributed by atoms with Crippen molar-refractivity contribution in [1.82, 2.24) is 0 Å². The maximum atomic E-state index is 12.7. The van der Waals surface area contributed by atoms with Gasteiger partial charge in [0.2, 0.25) is 0 Å². The first kappa shape index (κ1) is 19.5. The molecule has 1 unspecified atom stereocenters. The summed E-state index contributed by atoms with van der Waals surface area (Å²) in [5, 5.41) is 0. The normalized spacial score (nSPS) is 12.6. The first-order valence-corrected chi connectivity index (χ1v) is 6.35. The molecule has 1 nitrogen and oxygen atoms in total. The monoisotopic (exact) mass is 309 g/mol. The largest absolute Gasteiger partial charge is 0.417 e. The van der Waals surface area contributed by atoms with Crippen molar-refractivity contribution in [3.63, 3.8) is 0 Å². The molecule has 0 amide bonds. The Morgan fingerprint density at radius 1 is 1.05 bits per heavy atom. The average Bonchev–Trinajstić information content (AvgIpc) is 2.26. The summed E-state index contributed by atoms with van der Waals surface area (Å²) in [6.45, 7) is 1.51. The van der Waals surface area contributed by atoms with Crippen LogP contribution in [0.25, 0.3) is 0 Å². The van der Waals surface area contributed by atoms with Crippen LogP contribution in [0.1, 0.15) is 28.4 Å². The fraction of sp³-hybridized carbons (Fsp3) is 0.364. The maximum Gasteiger partial charge on any atom is 0.417 e. The molecule has 0 aliphatic heterocycles. The first-order chi connectivity index (χ1) is 8.59. The van der Waals surface area contributed by atoms with Gasteiger partial charge in [-0.3, -0.25) is 4.79 Å². The second kappa shape index (κ2) is 6.97. The van der Waals surface area contributed by atoms with E-state index in [1.165, 1.54) is 6.92 Å². The van der Waals surface area contributed by atoms with Crippen molar-refractivity contribution in [1.29, 1.82) is 0 Å². The average molecular weight is 309 g/mol. The number of alkyl halides is 6. The predicted molar refractivity (Wildman–Crippen MR) is 65.4 cm³/mol. The number of rotatable bonds is 3. The zero-order chi connectivity index (χ0) is 14.8. The molecule has 1 rings (SSSR count). The molecule has 0 aliphatic rings. The van der Waals surface area contributed by atoms with E-state index in [1.54, 1.807) is 0 Å². The number of carbonyl (C=O) groups is 1. The van der Waals surface area contributed by atoms with Crippen LogP contribution in [0.15, 0.2) is 18.2 Å². The van der Waals surface area contributed by atoms with Crippen molar-refractivity contribution >= 4 is 33.0 Å². The summed E-state index contributed by atoms with van der Waals surface area (Å²) >= 11 is 0. The van der Waals surface area contributed by atoms with Crippen molar-refractivity contribution < 1.29 is 31.1 Å². The van der Waals surface area contributed by atoms with Gasteiger partial charge in [0, 0.05) is 24.4 Å². The molecule has 1 atom stereocenters. The number of halogens is 6. The molecule has 0 heterocycles. The van der Waals surface area contributed by atoms with Gasteiger partial charge in [0.25, 0.3) is 0 Å². The molecule has 1 radical (unpaired) electrons. The third-order valence-corrected chi connectivity index (χ3v) is 3.16. The molecule has 0 saturated carbocycles. The van der Waals surface area contributed by atoms with Crippen molar-refractivity contribution in [3.05, 3.63) is 34.9 Å². The van der Waals surface area contributed by atoms with Gasteiger partial charge >= 0.3 is 12.4 Å². The van der Waals surface area contributed by atoms with E-state index >= 15 is 0 Å². The van der Waals surface area contributed by atoms with Crippen molar-refractivity contribution in [2.24, 2.45) is 0 Å². The van der Waals surface area contributed by atoms with E-state index < -0.39 is 43.1 Å². The van der Waals surface area contributed by atoms with E-state index in [2.05, 4.69) is 0 Å². The Kier molecular flexibility index (Phi) is 6.80. The Hall–Kier alpha value is -0.503. The Morgan fingerprint density at radius 3 is 1.75 bits per heavy atom. The summed E-state index contributed by atoms with van der Waals surface area (Å²) in [7, 11) is -0.622. The van der Waals surface area contributed by atoms with Gasteiger partial charge in [-0.25, -0.2) is 0 Å². The van der Waals surface area contributed by atoms with Crippen LogP contribution in [0, 0.1) is 0 Å². The topological polar surface area (TPSA) is 17.1 Å². The molecule has 1 aromatic rings. The summed E-state index contributed by atoms with van der Waals surface area (Å²) in [6.07, 6.45) is -9.79. The van der Waals surface area contributed by atoms with Crippen LogP contribution >= 0.6 is 8.58 Å². The molecule has 0 fully saturated rings. The van der Waals surface area contributed by atoms with E-state index in [9.17, 15) is 31.1 Å². The summed E-state index contributed by atoms with van der Waals surface area (Å²) in [4.78, 5) is 11.6. The molecule has 0 spiro atoms. The molecule has 0 aliphatic carbocycles. The third-order valence-electron chi connectivity index (χ3n) is 2.24. The van der Waals surface area contributed by atoms with Crippen LogP contribution in [0.5, 0.6) is 0 Å². The van der Waals surface area contributed by atoms with Crippen molar-refractivity contribution in [2.45, 2.75) is 19.3 Å². The fourth-order valence-corrected chi connectivity index (χ4v) is 2.29. The Morgan fingerprint density at radius 2 is 1.45 bits per heavy atom. The smallest absolute Gasteiger partial charge is 0.289 e. The van der Waals surface area contributed by atoms with Crippen LogP contribution in [0.2, 0.25) is 0 Å². The minimum absolute atomic E-state index is 0. The SMILES string of the molecule is CCPC(=O)c1c(C(F)(F)F)cccc1C(F)(F)F.[Li]. The second-order valence-corrected chi connectivity index (χ2v) is 5.10. The zero-order valence-electron chi connectivity index (χ0n) is 10.6. The molecular formula is C11H9F6LiOP. The van der Waals surface area contributed by atoms with Crippen LogP contribution in [0.3, 0.4) is 0 Å². The van der Waals surface area contributed by atoms with Gasteiger partial charge in [0.15, 0.2) is 5.52 Å². The Bertz CT molecular complexity index is 451. The van der Waals surface area contributed by atoms with E-state index in [-0.39, 0.29) is 25.0 Å². The number of benzene rings is 1. The van der Waals surface area contributed by atoms with E-state index in [1.807, 2.05) is 0 Å². The standard InChI is InChI=1S/C11H9F6OP.Li/c1-2-19-9(18)8-6(10(12,13)14)4-3-5-7(8)11(15,16)17;/h3-5,19H,2H2,1H3;. The zero-order valence-corrected chi connectivity index (χ0v) is 11.6.